The molecule has 3 rings (SSSR count). The number of carbonyl (C=O) groups excluding carboxylic acids is 1. The lowest BCUT2D eigenvalue weighted by Gasteiger charge is -2.32. The number of rotatable bonds is 5. The third-order valence-electron chi connectivity index (χ3n) is 3.81. The minimum Gasteiger partial charge on any atom is -0.375 e. The molecule has 0 N–H and O–H groups in total. The van der Waals surface area contributed by atoms with E-state index in [1.807, 2.05) is 4.90 Å². The first kappa shape index (κ1) is 15.5. The van der Waals surface area contributed by atoms with Crippen LogP contribution in [0.3, 0.4) is 0 Å². The van der Waals surface area contributed by atoms with Gasteiger partial charge in [-0.2, -0.15) is 4.80 Å². The lowest BCUT2D eigenvalue weighted by Crippen LogP contribution is -2.42. The van der Waals surface area contributed by atoms with E-state index in [2.05, 4.69) is 25.4 Å². The molecule has 1 aliphatic rings. The molecule has 1 aliphatic heterocycles. The molecule has 0 unspecified atom stereocenters. The van der Waals surface area contributed by atoms with Crippen molar-refractivity contribution in [2.24, 2.45) is 5.92 Å². The van der Waals surface area contributed by atoms with Crippen LogP contribution in [0, 0.1) is 5.92 Å². The van der Waals surface area contributed by atoms with Gasteiger partial charge in [-0.1, -0.05) is 0 Å². The van der Waals surface area contributed by atoms with Crippen LogP contribution in [-0.4, -0.2) is 67.8 Å². The second kappa shape index (κ2) is 7.23. The molecule has 0 bridgehead atoms. The van der Waals surface area contributed by atoms with Gasteiger partial charge >= 0.3 is 0 Å². The average molecular weight is 317 g/mol. The summed E-state index contributed by atoms with van der Waals surface area (Å²) >= 11 is 0. The van der Waals surface area contributed by atoms with E-state index in [1.54, 1.807) is 23.4 Å². The maximum atomic E-state index is 11.9. The molecule has 122 valence electrons. The molecular formula is C14H19N7O2. The predicted molar refractivity (Wildman–Crippen MR) is 80.0 cm³/mol. The highest BCUT2D eigenvalue weighted by molar-refractivity contribution is 5.77. The number of aromatic nitrogens is 6. The van der Waals surface area contributed by atoms with Gasteiger partial charge in [-0.25, -0.2) is 4.98 Å². The van der Waals surface area contributed by atoms with Gasteiger partial charge in [-0.05, 0) is 24.0 Å². The number of ether oxygens (including phenoxy) is 1. The van der Waals surface area contributed by atoms with Crippen molar-refractivity contribution < 1.29 is 9.53 Å². The predicted octanol–water partition coefficient (Wildman–Crippen LogP) is 0.0151. The van der Waals surface area contributed by atoms with E-state index in [9.17, 15) is 4.79 Å². The molecular weight excluding hydrogens is 298 g/mol. The molecule has 2 aromatic heterocycles. The number of carbonyl (C=O) groups is 1. The van der Waals surface area contributed by atoms with Crippen LogP contribution in [0.1, 0.15) is 12.8 Å². The Hall–Kier alpha value is -2.42. The first-order valence-electron chi connectivity index (χ1n) is 7.57. The topological polar surface area (TPSA) is 98.9 Å². The summed E-state index contributed by atoms with van der Waals surface area (Å²) in [6.07, 6.45) is 6.82. The van der Waals surface area contributed by atoms with Gasteiger partial charge in [0.1, 0.15) is 12.3 Å². The average Bonchev–Trinajstić information content (AvgIpc) is 3.05. The molecule has 0 spiro atoms. The van der Waals surface area contributed by atoms with E-state index >= 15 is 0 Å². The van der Waals surface area contributed by atoms with E-state index in [-0.39, 0.29) is 12.5 Å². The van der Waals surface area contributed by atoms with Crippen LogP contribution >= 0.6 is 0 Å². The lowest BCUT2D eigenvalue weighted by molar-refractivity contribution is -0.137. The van der Waals surface area contributed by atoms with E-state index in [4.69, 9.17) is 4.74 Å². The Morgan fingerprint density at radius 3 is 3.13 bits per heavy atom. The second-order valence-corrected chi connectivity index (χ2v) is 5.54. The second-order valence-electron chi connectivity index (χ2n) is 5.54. The maximum Gasteiger partial charge on any atom is 0.248 e. The van der Waals surface area contributed by atoms with Gasteiger partial charge in [-0.3, -0.25) is 9.78 Å². The van der Waals surface area contributed by atoms with Crippen LogP contribution in [-0.2, 0) is 16.1 Å². The summed E-state index contributed by atoms with van der Waals surface area (Å²) in [6, 6.07) is 0. The Morgan fingerprint density at radius 2 is 2.35 bits per heavy atom. The minimum atomic E-state index is 0.0315. The van der Waals surface area contributed by atoms with E-state index in [1.165, 1.54) is 7.11 Å². The van der Waals surface area contributed by atoms with Crippen molar-refractivity contribution in [1.29, 1.82) is 0 Å². The number of amides is 1. The summed E-state index contributed by atoms with van der Waals surface area (Å²) in [5, 5.41) is 12.4. The monoisotopic (exact) mass is 317 g/mol. The first-order chi connectivity index (χ1) is 11.3. The molecule has 1 atom stereocenters. The fourth-order valence-corrected chi connectivity index (χ4v) is 2.72. The summed E-state index contributed by atoms with van der Waals surface area (Å²) in [7, 11) is 1.53. The van der Waals surface area contributed by atoms with E-state index < -0.39 is 0 Å². The summed E-state index contributed by atoms with van der Waals surface area (Å²) in [6.45, 7) is 2.24. The molecule has 0 radical (unpaired) electrons. The van der Waals surface area contributed by atoms with E-state index in [0.29, 0.717) is 30.5 Å². The Balaban J connectivity index is 1.61. The highest BCUT2D eigenvalue weighted by atomic mass is 16.5. The summed E-state index contributed by atoms with van der Waals surface area (Å²) < 4.78 is 4.92. The molecule has 1 amide bonds. The van der Waals surface area contributed by atoms with Gasteiger partial charge in [0.25, 0.3) is 0 Å². The van der Waals surface area contributed by atoms with Crippen LogP contribution in [0.5, 0.6) is 0 Å². The van der Waals surface area contributed by atoms with Gasteiger partial charge in [-0.15, -0.1) is 10.2 Å². The van der Waals surface area contributed by atoms with Crippen molar-refractivity contribution in [3.63, 3.8) is 0 Å². The molecule has 3 heterocycles. The number of nitrogens with zero attached hydrogens (tertiary/aromatic N) is 7. The first-order valence-corrected chi connectivity index (χ1v) is 7.57. The van der Waals surface area contributed by atoms with Crippen molar-refractivity contribution in [3.05, 3.63) is 18.6 Å². The third kappa shape index (κ3) is 3.86. The lowest BCUT2D eigenvalue weighted by atomic mass is 9.98. The van der Waals surface area contributed by atoms with Crippen LogP contribution < -0.4 is 0 Å². The van der Waals surface area contributed by atoms with Crippen molar-refractivity contribution in [2.75, 3.05) is 26.8 Å². The Labute approximate surface area is 133 Å². The largest absolute Gasteiger partial charge is 0.375 e. The number of hydrogen-bond donors (Lipinski definition) is 0. The number of likely N-dealkylation sites (tertiary alicyclic amines) is 1. The molecule has 1 saturated heterocycles. The molecule has 9 nitrogen and oxygen atoms in total. The standard InChI is InChI=1S/C14H19N7O2/c1-23-10-13(22)20-6-2-3-11(8-20)9-21-18-14(17-19-21)12-7-15-4-5-16-12/h4-5,7,11H,2-3,6,8-10H2,1H3/t11-/m1/s1. The summed E-state index contributed by atoms with van der Waals surface area (Å²) in [5.41, 5.74) is 0.597. The van der Waals surface area contributed by atoms with Crippen molar-refractivity contribution >= 4 is 5.91 Å². The van der Waals surface area contributed by atoms with E-state index in [0.717, 1.165) is 19.4 Å². The number of hydrogen-bond acceptors (Lipinski definition) is 7. The van der Waals surface area contributed by atoms with Crippen LogP contribution in [0.2, 0.25) is 0 Å². The van der Waals surface area contributed by atoms with Gasteiger partial charge in [0.05, 0.1) is 12.7 Å². The zero-order chi connectivity index (χ0) is 16.1. The molecule has 0 aliphatic carbocycles. The molecule has 0 aromatic carbocycles. The van der Waals surface area contributed by atoms with Gasteiger partial charge in [0.2, 0.25) is 11.7 Å². The van der Waals surface area contributed by atoms with Crippen LogP contribution in [0.4, 0.5) is 0 Å². The molecule has 23 heavy (non-hydrogen) atoms. The summed E-state index contributed by atoms with van der Waals surface area (Å²) in [5.74, 6) is 0.804. The van der Waals surface area contributed by atoms with Crippen molar-refractivity contribution in [1.82, 2.24) is 35.1 Å². The van der Waals surface area contributed by atoms with Gasteiger partial charge in [0.15, 0.2) is 0 Å². The number of methoxy groups -OCH3 is 1. The highest BCUT2D eigenvalue weighted by Crippen LogP contribution is 2.18. The smallest absolute Gasteiger partial charge is 0.248 e. The molecule has 0 saturated carbocycles. The van der Waals surface area contributed by atoms with Crippen molar-refractivity contribution in [3.8, 4) is 11.5 Å². The molecule has 2 aromatic rings. The van der Waals surface area contributed by atoms with Crippen molar-refractivity contribution in [2.45, 2.75) is 19.4 Å². The fourth-order valence-electron chi connectivity index (χ4n) is 2.72. The SMILES string of the molecule is COCC(=O)N1CCC[C@@H](Cn2nnc(-c3cnccn3)n2)C1. The quantitative estimate of drug-likeness (QED) is 0.766. The zero-order valence-electron chi connectivity index (χ0n) is 13.0. The highest BCUT2D eigenvalue weighted by Gasteiger charge is 2.24. The molecule has 9 heteroatoms. The van der Waals surface area contributed by atoms with Crippen LogP contribution in [0.15, 0.2) is 18.6 Å². The maximum absolute atomic E-state index is 11.9. The normalized spacial score (nSPS) is 18.1. The number of piperidine rings is 1. The Kier molecular flexibility index (Phi) is 4.86. The fraction of sp³-hybridized carbons (Fsp3) is 0.571. The molecule has 1 fully saturated rings. The summed E-state index contributed by atoms with van der Waals surface area (Å²) in [4.78, 5) is 23.5. The van der Waals surface area contributed by atoms with Crippen LogP contribution in [0.25, 0.3) is 11.5 Å². The number of tetrazole rings is 1. The van der Waals surface area contributed by atoms with Gasteiger partial charge < -0.3 is 9.64 Å². The Morgan fingerprint density at radius 1 is 1.43 bits per heavy atom. The minimum absolute atomic E-state index is 0.0315. The Bertz CT molecular complexity index is 646. The zero-order valence-corrected chi connectivity index (χ0v) is 13.0. The third-order valence-corrected chi connectivity index (χ3v) is 3.81. The van der Waals surface area contributed by atoms with Gasteiger partial charge in [0, 0.05) is 32.6 Å².